The van der Waals surface area contributed by atoms with Gasteiger partial charge in [0.15, 0.2) is 0 Å². The minimum atomic E-state index is -1.11. The molecule has 1 aliphatic rings. The van der Waals surface area contributed by atoms with E-state index in [0.717, 1.165) is 16.7 Å². The molecule has 2 aromatic carbocycles. The number of methoxy groups -OCH3 is 1. The van der Waals surface area contributed by atoms with Crippen molar-refractivity contribution in [2.75, 3.05) is 7.11 Å². The van der Waals surface area contributed by atoms with Crippen molar-refractivity contribution in [3.63, 3.8) is 0 Å². The number of aromatic nitrogens is 1. The van der Waals surface area contributed by atoms with Crippen molar-refractivity contribution >= 4 is 17.4 Å². The quantitative estimate of drug-likeness (QED) is 0.355. The minimum absolute atomic E-state index is 0.0485. The fourth-order valence-electron chi connectivity index (χ4n) is 4.29. The van der Waals surface area contributed by atoms with Crippen LogP contribution in [0.3, 0.4) is 0 Å². The molecule has 3 aromatic rings. The van der Waals surface area contributed by atoms with Crippen LogP contribution in [0, 0.1) is 19.7 Å². The molecule has 1 N–H and O–H groups in total. The maximum absolute atomic E-state index is 14.9. The van der Waals surface area contributed by atoms with Crippen molar-refractivity contribution < 1.29 is 23.8 Å². The first-order valence-corrected chi connectivity index (χ1v) is 10.4. The average Bonchev–Trinajstić information content (AvgIpc) is 3.04. The van der Waals surface area contributed by atoms with Gasteiger partial charge >= 0.3 is 0 Å². The highest BCUT2D eigenvalue weighted by molar-refractivity contribution is 6.46. The van der Waals surface area contributed by atoms with Gasteiger partial charge < -0.3 is 14.7 Å². The third-order valence-electron chi connectivity index (χ3n) is 5.72. The van der Waals surface area contributed by atoms with Crippen molar-refractivity contribution in [1.29, 1.82) is 0 Å². The highest BCUT2D eigenvalue weighted by Gasteiger charge is 2.47. The smallest absolute Gasteiger partial charge is 0.295 e. The van der Waals surface area contributed by atoms with E-state index in [9.17, 15) is 19.1 Å². The molecule has 1 amide bonds. The van der Waals surface area contributed by atoms with E-state index in [2.05, 4.69) is 4.98 Å². The number of hydrogen-bond acceptors (Lipinski definition) is 5. The monoisotopic (exact) mass is 446 g/mol. The Bertz CT molecular complexity index is 1270. The summed E-state index contributed by atoms with van der Waals surface area (Å²) in [4.78, 5) is 31.5. The normalized spacial score (nSPS) is 17.5. The second kappa shape index (κ2) is 8.86. The standard InChI is InChI=1S/C26H23FN2O4/c1-15-12-16(2)25(33-3)19(13-15)23(30)21-22(18-6-4-5-7-20(18)27)29(26(32)24(21)31)14-17-8-10-28-11-9-17/h4-13,22,30H,14H2,1-3H3/b23-21+. The molecule has 0 radical (unpaired) electrons. The molecule has 0 bridgehead atoms. The Balaban J connectivity index is 1.95. The largest absolute Gasteiger partial charge is 0.507 e. The van der Waals surface area contributed by atoms with Crippen LogP contribution < -0.4 is 4.74 Å². The number of benzene rings is 2. The lowest BCUT2D eigenvalue weighted by Crippen LogP contribution is -2.29. The molecule has 7 heteroatoms. The van der Waals surface area contributed by atoms with Crippen LogP contribution in [0.15, 0.2) is 66.5 Å². The summed E-state index contributed by atoms with van der Waals surface area (Å²) in [5, 5.41) is 11.3. The number of Topliss-reactive ketones (excluding diaryl/α,β-unsaturated/α-hetero) is 1. The van der Waals surface area contributed by atoms with E-state index in [1.54, 1.807) is 36.7 Å². The first kappa shape index (κ1) is 22.2. The van der Waals surface area contributed by atoms with Crippen molar-refractivity contribution in [3.8, 4) is 5.75 Å². The number of pyridine rings is 1. The number of carbonyl (C=O) groups is 2. The molecular weight excluding hydrogens is 423 g/mol. The molecule has 1 aliphatic heterocycles. The molecule has 6 nitrogen and oxygen atoms in total. The van der Waals surface area contributed by atoms with Gasteiger partial charge in [0.05, 0.1) is 24.3 Å². The molecule has 1 saturated heterocycles. The van der Waals surface area contributed by atoms with Gasteiger partial charge in [-0.25, -0.2) is 4.39 Å². The Morgan fingerprint density at radius 2 is 1.82 bits per heavy atom. The second-order valence-corrected chi connectivity index (χ2v) is 7.97. The number of ether oxygens (including phenoxy) is 1. The number of aryl methyl sites for hydroxylation is 2. The summed E-state index contributed by atoms with van der Waals surface area (Å²) in [6, 6.07) is 11.8. The van der Waals surface area contributed by atoms with Crippen molar-refractivity contribution in [2.24, 2.45) is 0 Å². The molecule has 1 unspecified atom stereocenters. The second-order valence-electron chi connectivity index (χ2n) is 7.97. The predicted molar refractivity (Wildman–Crippen MR) is 121 cm³/mol. The lowest BCUT2D eigenvalue weighted by Gasteiger charge is -2.26. The van der Waals surface area contributed by atoms with Gasteiger partial charge in [0, 0.05) is 24.5 Å². The summed E-state index contributed by atoms with van der Waals surface area (Å²) in [6.07, 6.45) is 3.15. The fraction of sp³-hybridized carbons (Fsp3) is 0.192. The van der Waals surface area contributed by atoms with E-state index in [4.69, 9.17) is 4.74 Å². The number of rotatable bonds is 5. The maximum atomic E-state index is 14.9. The lowest BCUT2D eigenvalue weighted by atomic mass is 9.93. The van der Waals surface area contributed by atoms with Gasteiger partial charge in [-0.3, -0.25) is 14.6 Å². The van der Waals surface area contributed by atoms with Gasteiger partial charge in [0.25, 0.3) is 11.7 Å². The number of amides is 1. The number of halogens is 1. The average molecular weight is 446 g/mol. The zero-order chi connectivity index (χ0) is 23.7. The molecule has 0 aliphatic carbocycles. The number of hydrogen-bond donors (Lipinski definition) is 1. The van der Waals surface area contributed by atoms with Gasteiger partial charge in [-0.05, 0) is 54.8 Å². The van der Waals surface area contributed by atoms with E-state index in [-0.39, 0.29) is 23.2 Å². The number of aliphatic hydroxyl groups excluding tert-OH is 1. The first-order valence-electron chi connectivity index (χ1n) is 10.4. The predicted octanol–water partition coefficient (Wildman–Crippen LogP) is 4.47. The van der Waals surface area contributed by atoms with Crippen molar-refractivity contribution in [3.05, 3.63) is 100 Å². The van der Waals surface area contributed by atoms with Gasteiger partial charge in [-0.15, -0.1) is 0 Å². The summed E-state index contributed by atoms with van der Waals surface area (Å²) < 4.78 is 20.4. The first-order chi connectivity index (χ1) is 15.8. The Kier molecular flexibility index (Phi) is 5.96. The van der Waals surface area contributed by atoms with Crippen LogP contribution in [0.2, 0.25) is 0 Å². The van der Waals surface area contributed by atoms with E-state index in [1.807, 2.05) is 19.9 Å². The summed E-state index contributed by atoms with van der Waals surface area (Å²) >= 11 is 0. The fourth-order valence-corrected chi connectivity index (χ4v) is 4.29. The Hall–Kier alpha value is -4.00. The van der Waals surface area contributed by atoms with Crippen molar-refractivity contribution in [1.82, 2.24) is 9.88 Å². The number of likely N-dealkylation sites (tertiary alicyclic amines) is 1. The van der Waals surface area contributed by atoms with Crippen LogP contribution in [0.1, 0.15) is 33.9 Å². The van der Waals surface area contributed by atoms with E-state index in [0.29, 0.717) is 5.75 Å². The summed E-state index contributed by atoms with van der Waals surface area (Å²) in [6.45, 7) is 3.71. The zero-order valence-corrected chi connectivity index (χ0v) is 18.5. The highest BCUT2D eigenvalue weighted by atomic mass is 19.1. The molecule has 4 rings (SSSR count). The van der Waals surface area contributed by atoms with Gasteiger partial charge in [-0.2, -0.15) is 0 Å². The van der Waals surface area contributed by atoms with E-state index in [1.165, 1.54) is 30.2 Å². The number of aliphatic hydroxyl groups is 1. The van der Waals surface area contributed by atoms with Crippen LogP contribution in [0.5, 0.6) is 5.75 Å². The van der Waals surface area contributed by atoms with Crippen LogP contribution in [-0.4, -0.2) is 33.8 Å². The molecular formula is C26H23FN2O4. The maximum Gasteiger partial charge on any atom is 0.295 e. The molecule has 0 saturated carbocycles. The van der Waals surface area contributed by atoms with E-state index >= 15 is 0 Å². The summed E-state index contributed by atoms with van der Waals surface area (Å²) in [7, 11) is 1.46. The number of nitrogens with zero attached hydrogens (tertiary/aromatic N) is 2. The molecule has 2 heterocycles. The van der Waals surface area contributed by atoms with Gasteiger partial charge in [0.1, 0.15) is 17.3 Å². The topological polar surface area (TPSA) is 79.7 Å². The molecule has 33 heavy (non-hydrogen) atoms. The lowest BCUT2D eigenvalue weighted by molar-refractivity contribution is -0.140. The minimum Gasteiger partial charge on any atom is -0.507 e. The van der Waals surface area contributed by atoms with Crippen LogP contribution >= 0.6 is 0 Å². The number of carbonyl (C=O) groups excluding carboxylic acids is 2. The molecule has 168 valence electrons. The zero-order valence-electron chi connectivity index (χ0n) is 18.5. The summed E-state index contributed by atoms with van der Waals surface area (Å²) in [5.74, 6) is -2.29. The van der Waals surface area contributed by atoms with Crippen LogP contribution in [-0.2, 0) is 16.1 Å². The highest BCUT2D eigenvalue weighted by Crippen LogP contribution is 2.43. The van der Waals surface area contributed by atoms with Crippen molar-refractivity contribution in [2.45, 2.75) is 26.4 Å². The van der Waals surface area contributed by atoms with E-state index < -0.39 is 29.3 Å². The Morgan fingerprint density at radius 1 is 1.12 bits per heavy atom. The Labute approximate surface area is 191 Å². The summed E-state index contributed by atoms with van der Waals surface area (Å²) in [5.41, 5.74) is 2.53. The van der Waals surface area contributed by atoms with Gasteiger partial charge in [0.2, 0.25) is 0 Å². The van der Waals surface area contributed by atoms with Gasteiger partial charge in [-0.1, -0.05) is 24.3 Å². The number of ketones is 1. The molecule has 0 spiro atoms. The third-order valence-corrected chi connectivity index (χ3v) is 5.72. The van der Waals surface area contributed by atoms with Crippen LogP contribution in [0.4, 0.5) is 4.39 Å². The molecule has 1 fully saturated rings. The SMILES string of the molecule is COc1c(C)cc(C)cc1/C(O)=C1\C(=O)C(=O)N(Cc2ccncc2)C1c1ccccc1F. The van der Waals surface area contributed by atoms with Crippen LogP contribution in [0.25, 0.3) is 5.76 Å². The molecule has 1 atom stereocenters. The Morgan fingerprint density at radius 3 is 2.48 bits per heavy atom. The third kappa shape index (κ3) is 3.98. The molecule has 1 aromatic heterocycles.